The van der Waals surface area contributed by atoms with E-state index in [4.69, 9.17) is 5.11 Å². The molecule has 0 saturated carbocycles. The van der Waals surface area contributed by atoms with Crippen molar-refractivity contribution in [2.45, 2.75) is 6.18 Å². The molecule has 0 atom stereocenters. The minimum Gasteiger partial charge on any atom is -0.478 e. The predicted octanol–water partition coefficient (Wildman–Crippen LogP) is 3.07. The number of carbonyl (C=O) groups is 1. The first-order valence-corrected chi connectivity index (χ1v) is 4.95. The Morgan fingerprint density at radius 3 is 2.40 bits per heavy atom. The van der Waals surface area contributed by atoms with Crippen LogP contribution in [0.3, 0.4) is 0 Å². The van der Waals surface area contributed by atoms with Gasteiger partial charge in [-0.15, -0.1) is 0 Å². The molecule has 0 aromatic carbocycles. The highest BCUT2D eigenvalue weighted by atomic mass is 127. The van der Waals surface area contributed by atoms with Crippen LogP contribution in [0.15, 0.2) is 6.20 Å². The SMILES string of the molecule is O=C(O)c1c(C(F)(F)F)c(I)c[nH]c1=S. The molecule has 0 aliphatic heterocycles. The molecule has 15 heavy (non-hydrogen) atoms. The summed E-state index contributed by atoms with van der Waals surface area (Å²) in [4.78, 5) is 12.9. The van der Waals surface area contributed by atoms with E-state index in [2.05, 4.69) is 17.2 Å². The summed E-state index contributed by atoms with van der Waals surface area (Å²) in [6, 6.07) is 0. The second-order valence-corrected chi connectivity index (χ2v) is 4.09. The van der Waals surface area contributed by atoms with Gasteiger partial charge in [-0.2, -0.15) is 13.2 Å². The lowest BCUT2D eigenvalue weighted by molar-refractivity contribution is -0.138. The van der Waals surface area contributed by atoms with Crippen LogP contribution in [0.5, 0.6) is 0 Å². The van der Waals surface area contributed by atoms with Gasteiger partial charge in [-0.05, 0) is 22.6 Å². The standard InChI is InChI=1S/C7H3F3INO2S/c8-7(9,10)4-2(11)1-12-5(15)3(4)6(13)14/h1H,(H,12,15)(H,13,14). The first-order valence-electron chi connectivity index (χ1n) is 3.47. The van der Waals surface area contributed by atoms with E-state index in [0.29, 0.717) is 0 Å². The van der Waals surface area contributed by atoms with Gasteiger partial charge in [0.1, 0.15) is 10.2 Å². The summed E-state index contributed by atoms with van der Waals surface area (Å²) in [6.07, 6.45) is -3.70. The third-order valence-corrected chi connectivity index (χ3v) is 2.72. The number of aromatic carboxylic acids is 1. The van der Waals surface area contributed by atoms with Gasteiger partial charge in [-0.1, -0.05) is 12.2 Å². The van der Waals surface area contributed by atoms with Crippen LogP contribution in [0, 0.1) is 8.21 Å². The quantitative estimate of drug-likeness (QED) is 0.605. The molecular formula is C7H3F3INO2S. The number of hydrogen-bond donors (Lipinski definition) is 2. The number of carboxylic acid groups (broad SMARTS) is 1. The molecule has 0 bridgehead atoms. The lowest BCUT2D eigenvalue weighted by atomic mass is 10.1. The van der Waals surface area contributed by atoms with Crippen LogP contribution in [0.25, 0.3) is 0 Å². The minimum absolute atomic E-state index is 0.230. The van der Waals surface area contributed by atoms with Crippen LogP contribution < -0.4 is 0 Å². The van der Waals surface area contributed by atoms with Gasteiger partial charge in [-0.3, -0.25) is 0 Å². The summed E-state index contributed by atoms with van der Waals surface area (Å²) in [5.74, 6) is -1.69. The fourth-order valence-corrected chi connectivity index (χ4v) is 1.97. The van der Waals surface area contributed by atoms with Crippen molar-refractivity contribution < 1.29 is 23.1 Å². The van der Waals surface area contributed by atoms with Crippen LogP contribution in [-0.2, 0) is 6.18 Å². The molecule has 0 aliphatic carbocycles. The van der Waals surface area contributed by atoms with Gasteiger partial charge >= 0.3 is 12.1 Å². The Kier molecular flexibility index (Phi) is 3.38. The van der Waals surface area contributed by atoms with Crippen molar-refractivity contribution in [3.8, 4) is 0 Å². The van der Waals surface area contributed by atoms with E-state index in [1.54, 1.807) is 0 Å². The normalized spacial score (nSPS) is 11.5. The van der Waals surface area contributed by atoms with Gasteiger partial charge < -0.3 is 10.1 Å². The fourth-order valence-electron chi connectivity index (χ4n) is 0.987. The topological polar surface area (TPSA) is 53.1 Å². The van der Waals surface area contributed by atoms with Crippen molar-refractivity contribution in [3.05, 3.63) is 25.5 Å². The maximum absolute atomic E-state index is 12.5. The third-order valence-electron chi connectivity index (χ3n) is 1.54. The number of nitrogens with one attached hydrogen (secondary N) is 1. The van der Waals surface area contributed by atoms with Crippen molar-refractivity contribution in [2.24, 2.45) is 0 Å². The van der Waals surface area contributed by atoms with Crippen molar-refractivity contribution in [3.63, 3.8) is 0 Å². The minimum atomic E-state index is -4.73. The molecule has 0 fully saturated rings. The number of aromatic amines is 1. The Hall–Kier alpha value is -0.640. The van der Waals surface area contributed by atoms with Crippen LogP contribution in [0.1, 0.15) is 15.9 Å². The molecule has 1 aromatic rings. The maximum atomic E-state index is 12.5. The highest BCUT2D eigenvalue weighted by Gasteiger charge is 2.38. The number of halogens is 4. The van der Waals surface area contributed by atoms with E-state index in [9.17, 15) is 18.0 Å². The average molecular weight is 349 g/mol. The Morgan fingerprint density at radius 1 is 1.53 bits per heavy atom. The second kappa shape index (κ2) is 4.08. The summed E-state index contributed by atoms with van der Waals surface area (Å²) in [6.45, 7) is 0. The lowest BCUT2D eigenvalue weighted by Crippen LogP contribution is -2.16. The van der Waals surface area contributed by atoms with Crippen molar-refractivity contribution in [1.29, 1.82) is 0 Å². The molecule has 82 valence electrons. The zero-order chi connectivity index (χ0) is 11.8. The van der Waals surface area contributed by atoms with E-state index in [1.165, 1.54) is 22.6 Å². The average Bonchev–Trinajstić information content (AvgIpc) is 2.05. The van der Waals surface area contributed by atoms with Crippen LogP contribution >= 0.6 is 34.8 Å². The van der Waals surface area contributed by atoms with E-state index in [0.717, 1.165) is 6.20 Å². The van der Waals surface area contributed by atoms with Gasteiger partial charge in [-0.25, -0.2) is 4.79 Å². The highest BCUT2D eigenvalue weighted by molar-refractivity contribution is 14.1. The first-order chi connectivity index (χ1) is 6.75. The van der Waals surface area contributed by atoms with E-state index >= 15 is 0 Å². The Bertz CT molecular complexity index is 468. The van der Waals surface area contributed by atoms with E-state index in [-0.39, 0.29) is 3.57 Å². The molecule has 8 heteroatoms. The second-order valence-electron chi connectivity index (χ2n) is 2.52. The van der Waals surface area contributed by atoms with Gasteiger partial charge in [0.2, 0.25) is 0 Å². The third kappa shape index (κ3) is 2.48. The number of hydrogen-bond acceptors (Lipinski definition) is 2. The van der Waals surface area contributed by atoms with Crippen molar-refractivity contribution >= 4 is 40.8 Å². The highest BCUT2D eigenvalue weighted by Crippen LogP contribution is 2.35. The molecule has 0 amide bonds. The summed E-state index contributed by atoms with van der Waals surface area (Å²) in [5, 5.41) is 8.64. The summed E-state index contributed by atoms with van der Waals surface area (Å²) in [7, 11) is 0. The van der Waals surface area contributed by atoms with Gasteiger partial charge in [0.15, 0.2) is 0 Å². The molecule has 0 aliphatic rings. The maximum Gasteiger partial charge on any atom is 0.418 e. The number of carboxylic acids is 1. The molecule has 0 saturated heterocycles. The number of alkyl halides is 3. The van der Waals surface area contributed by atoms with E-state index in [1.807, 2.05) is 0 Å². The number of rotatable bonds is 1. The van der Waals surface area contributed by atoms with Gasteiger partial charge in [0.05, 0.1) is 5.56 Å². The number of aromatic nitrogens is 1. The molecule has 0 spiro atoms. The first kappa shape index (κ1) is 12.4. The smallest absolute Gasteiger partial charge is 0.418 e. The molecule has 2 N–H and O–H groups in total. The lowest BCUT2D eigenvalue weighted by Gasteiger charge is -2.11. The zero-order valence-electron chi connectivity index (χ0n) is 6.85. The summed E-state index contributed by atoms with van der Waals surface area (Å²) < 4.78 is 36.9. The Morgan fingerprint density at radius 2 is 2.07 bits per heavy atom. The zero-order valence-corrected chi connectivity index (χ0v) is 9.83. The van der Waals surface area contributed by atoms with E-state index < -0.39 is 27.9 Å². The summed E-state index contributed by atoms with van der Waals surface area (Å²) >= 11 is 5.90. The fraction of sp³-hybridized carbons (Fsp3) is 0.143. The van der Waals surface area contributed by atoms with Crippen LogP contribution in [-0.4, -0.2) is 16.1 Å². The largest absolute Gasteiger partial charge is 0.478 e. The van der Waals surface area contributed by atoms with Crippen molar-refractivity contribution in [1.82, 2.24) is 4.98 Å². The Labute approximate surface area is 100 Å². The van der Waals surface area contributed by atoms with Crippen LogP contribution in [0.2, 0.25) is 0 Å². The molecule has 1 heterocycles. The molecule has 0 unspecified atom stereocenters. The van der Waals surface area contributed by atoms with Crippen LogP contribution in [0.4, 0.5) is 13.2 Å². The molecule has 1 rings (SSSR count). The van der Waals surface area contributed by atoms with Gasteiger partial charge in [0.25, 0.3) is 0 Å². The molecule has 1 aromatic heterocycles. The molecular weight excluding hydrogens is 346 g/mol. The molecule has 3 nitrogen and oxygen atoms in total. The number of pyridine rings is 1. The number of H-pyrrole nitrogens is 1. The summed E-state index contributed by atoms with van der Waals surface area (Å²) in [5.41, 5.74) is -2.12. The molecule has 0 radical (unpaired) electrons. The predicted molar refractivity (Wildman–Crippen MR) is 56.3 cm³/mol. The van der Waals surface area contributed by atoms with Crippen molar-refractivity contribution in [2.75, 3.05) is 0 Å². The Balaban J connectivity index is 3.68. The monoisotopic (exact) mass is 349 g/mol. The van der Waals surface area contributed by atoms with Gasteiger partial charge in [0, 0.05) is 9.77 Å².